The van der Waals surface area contributed by atoms with Crippen molar-refractivity contribution in [3.63, 3.8) is 0 Å². The summed E-state index contributed by atoms with van der Waals surface area (Å²) in [4.78, 5) is 38.5. The molecule has 0 fully saturated rings. The first kappa shape index (κ1) is 24.3. The van der Waals surface area contributed by atoms with Crippen LogP contribution in [0.3, 0.4) is 0 Å². The van der Waals surface area contributed by atoms with Crippen LogP contribution in [0.2, 0.25) is 0 Å². The van der Waals surface area contributed by atoms with Gasteiger partial charge in [0.15, 0.2) is 12.5 Å². The van der Waals surface area contributed by atoms with Crippen molar-refractivity contribution in [2.75, 3.05) is 6.61 Å². The van der Waals surface area contributed by atoms with E-state index in [9.17, 15) is 14.4 Å². The molecule has 0 radical (unpaired) electrons. The number of nitrogens with one attached hydrogen (secondary N) is 1. The van der Waals surface area contributed by atoms with Gasteiger partial charge in [0.1, 0.15) is 0 Å². The van der Waals surface area contributed by atoms with Gasteiger partial charge in [-0.05, 0) is 53.4 Å². The zero-order valence-corrected chi connectivity index (χ0v) is 20.2. The lowest BCUT2D eigenvalue weighted by Gasteiger charge is -2.07. The number of aliphatic carboxylic acids is 1. The molecular formula is C28H25NO5S. The standard InChI is InChI=1S/C18H16O2S.C10H9NO3/c1-11(2)12-3-5-14(6-4-12)21-15-7-8-16-13(9-15)10-17(19)18(16)20;12-10(13)6-14-9-5-7-3-1-2-4-8(7)11-9/h3-9,11H,10H2,1-2H3;1-5,11H,6H2,(H,12,13). The lowest BCUT2D eigenvalue weighted by Crippen LogP contribution is -2.09. The fourth-order valence-electron chi connectivity index (χ4n) is 3.73. The number of carboxylic acids is 1. The predicted octanol–water partition coefficient (Wildman–Crippen LogP) is 5.90. The van der Waals surface area contributed by atoms with Crippen LogP contribution >= 0.6 is 11.8 Å². The number of hydrogen-bond donors (Lipinski definition) is 2. The molecule has 4 aromatic rings. The van der Waals surface area contributed by atoms with Crippen LogP contribution < -0.4 is 4.74 Å². The molecule has 0 spiro atoms. The van der Waals surface area contributed by atoms with E-state index in [0.717, 1.165) is 26.3 Å². The lowest BCUT2D eigenvalue weighted by molar-refractivity contribution is -0.139. The summed E-state index contributed by atoms with van der Waals surface area (Å²) in [6.07, 6.45) is 0.245. The third kappa shape index (κ3) is 6.00. The normalized spacial score (nSPS) is 12.4. The van der Waals surface area contributed by atoms with Crippen molar-refractivity contribution >= 4 is 40.2 Å². The highest BCUT2D eigenvalue weighted by atomic mass is 32.2. The van der Waals surface area contributed by atoms with Gasteiger partial charge in [-0.1, -0.05) is 55.9 Å². The Hall–Kier alpha value is -3.84. The quantitative estimate of drug-likeness (QED) is 0.329. The summed E-state index contributed by atoms with van der Waals surface area (Å²) in [7, 11) is 0. The topological polar surface area (TPSA) is 96.5 Å². The molecule has 6 nitrogen and oxygen atoms in total. The minimum Gasteiger partial charge on any atom is -0.479 e. The third-order valence-electron chi connectivity index (χ3n) is 5.56. The zero-order valence-electron chi connectivity index (χ0n) is 19.4. The summed E-state index contributed by atoms with van der Waals surface area (Å²) in [5.74, 6) is -0.616. The number of carbonyl (C=O) groups excluding carboxylic acids is 2. The van der Waals surface area contributed by atoms with Crippen molar-refractivity contribution in [2.45, 2.75) is 36.0 Å². The molecule has 0 bridgehead atoms. The van der Waals surface area contributed by atoms with E-state index in [1.807, 2.05) is 36.4 Å². The SMILES string of the molecule is CC(C)c1ccc(Sc2ccc3c(c2)CC(=O)C3=O)cc1.O=C(O)COc1cc2ccccc2[nH]1. The Morgan fingerprint density at radius 3 is 2.40 bits per heavy atom. The Balaban J connectivity index is 0.000000179. The number of hydrogen-bond acceptors (Lipinski definition) is 5. The number of ketones is 2. The maximum absolute atomic E-state index is 11.6. The number of carboxylic acid groups (broad SMARTS) is 1. The molecule has 1 aliphatic carbocycles. The highest BCUT2D eigenvalue weighted by molar-refractivity contribution is 7.99. The molecular weight excluding hydrogens is 462 g/mol. The molecule has 0 amide bonds. The average Bonchev–Trinajstić information content (AvgIpc) is 3.38. The van der Waals surface area contributed by atoms with Gasteiger partial charge < -0.3 is 14.8 Å². The fourth-order valence-corrected chi connectivity index (χ4v) is 4.61. The molecule has 0 aliphatic heterocycles. The van der Waals surface area contributed by atoms with Crippen molar-refractivity contribution < 1.29 is 24.2 Å². The molecule has 7 heteroatoms. The molecule has 0 saturated heterocycles. The summed E-state index contributed by atoms with van der Waals surface area (Å²) in [5.41, 5.74) is 3.69. The van der Waals surface area contributed by atoms with Crippen LogP contribution in [-0.4, -0.2) is 34.2 Å². The molecule has 1 aliphatic rings. The first-order chi connectivity index (χ1) is 16.8. The van der Waals surface area contributed by atoms with Crippen LogP contribution in [-0.2, 0) is 16.0 Å². The maximum atomic E-state index is 11.6. The Bertz CT molecular complexity index is 1360. The van der Waals surface area contributed by atoms with Crippen molar-refractivity contribution in [2.24, 2.45) is 0 Å². The number of rotatable bonds is 6. The van der Waals surface area contributed by atoms with Gasteiger partial charge in [-0.2, -0.15) is 0 Å². The smallest absolute Gasteiger partial charge is 0.341 e. The number of aromatic nitrogens is 1. The zero-order chi connectivity index (χ0) is 24.9. The van der Waals surface area contributed by atoms with Gasteiger partial charge in [0.05, 0.1) is 0 Å². The van der Waals surface area contributed by atoms with E-state index in [1.165, 1.54) is 5.56 Å². The fraction of sp³-hybridized carbons (Fsp3) is 0.179. The van der Waals surface area contributed by atoms with Crippen molar-refractivity contribution in [3.05, 3.63) is 89.5 Å². The minimum absolute atomic E-state index is 0.245. The predicted molar refractivity (Wildman–Crippen MR) is 136 cm³/mol. The van der Waals surface area contributed by atoms with Gasteiger partial charge in [0.2, 0.25) is 11.6 Å². The van der Waals surface area contributed by atoms with Gasteiger partial charge in [-0.3, -0.25) is 9.59 Å². The monoisotopic (exact) mass is 487 g/mol. The second-order valence-corrected chi connectivity index (χ2v) is 9.62. The number of fused-ring (bicyclic) bond motifs is 2. The summed E-state index contributed by atoms with van der Waals surface area (Å²) < 4.78 is 5.00. The third-order valence-corrected chi connectivity index (χ3v) is 6.56. The van der Waals surface area contributed by atoms with Crippen LogP contribution in [0.1, 0.15) is 41.3 Å². The molecule has 3 aromatic carbocycles. The summed E-state index contributed by atoms with van der Waals surface area (Å²) in [5, 5.41) is 9.42. The number of benzene rings is 3. The van der Waals surface area contributed by atoms with Crippen LogP contribution in [0.25, 0.3) is 10.9 Å². The Labute approximate surface area is 207 Å². The summed E-state index contributed by atoms with van der Waals surface area (Å²) in [6.45, 7) is 4.03. The number of para-hydroxylation sites is 1. The lowest BCUT2D eigenvalue weighted by atomic mass is 10.0. The molecule has 35 heavy (non-hydrogen) atoms. The maximum Gasteiger partial charge on any atom is 0.341 e. The molecule has 0 atom stereocenters. The van der Waals surface area contributed by atoms with Gasteiger partial charge >= 0.3 is 5.97 Å². The van der Waals surface area contributed by atoms with Gasteiger partial charge in [0.25, 0.3) is 0 Å². The molecule has 0 saturated carbocycles. The Morgan fingerprint density at radius 2 is 1.71 bits per heavy atom. The number of H-pyrrole nitrogens is 1. The molecule has 2 N–H and O–H groups in total. The summed E-state index contributed by atoms with van der Waals surface area (Å²) in [6, 6.07) is 23.6. The second kappa shape index (κ2) is 10.6. The van der Waals surface area contributed by atoms with Gasteiger partial charge in [0, 0.05) is 38.7 Å². The molecule has 5 rings (SSSR count). The first-order valence-electron chi connectivity index (χ1n) is 11.2. The van der Waals surface area contributed by atoms with E-state index >= 15 is 0 Å². The van der Waals surface area contributed by atoms with Crippen molar-refractivity contribution in [1.29, 1.82) is 0 Å². The number of ether oxygens (including phenoxy) is 1. The Morgan fingerprint density at radius 1 is 1.00 bits per heavy atom. The van der Waals surface area contributed by atoms with E-state index in [4.69, 9.17) is 9.84 Å². The van der Waals surface area contributed by atoms with E-state index in [1.54, 1.807) is 23.9 Å². The highest BCUT2D eigenvalue weighted by Crippen LogP contribution is 2.32. The number of carbonyl (C=O) groups is 3. The summed E-state index contributed by atoms with van der Waals surface area (Å²) >= 11 is 1.65. The molecule has 1 aromatic heterocycles. The second-order valence-electron chi connectivity index (χ2n) is 8.48. The van der Waals surface area contributed by atoms with Crippen molar-refractivity contribution in [3.8, 4) is 5.88 Å². The van der Waals surface area contributed by atoms with E-state index in [-0.39, 0.29) is 24.6 Å². The molecule has 1 heterocycles. The number of Topliss-reactive ketones (excluding diaryl/α,β-unsaturated/α-hetero) is 2. The van der Waals surface area contributed by atoms with Crippen LogP contribution in [0.15, 0.2) is 82.6 Å². The minimum atomic E-state index is -0.983. The van der Waals surface area contributed by atoms with Crippen LogP contribution in [0.4, 0.5) is 0 Å². The van der Waals surface area contributed by atoms with Crippen molar-refractivity contribution in [1.82, 2.24) is 4.98 Å². The van der Waals surface area contributed by atoms with E-state index in [0.29, 0.717) is 17.4 Å². The van der Waals surface area contributed by atoms with E-state index in [2.05, 4.69) is 43.1 Å². The first-order valence-corrected chi connectivity index (χ1v) is 12.0. The van der Waals surface area contributed by atoms with Crippen LogP contribution in [0, 0.1) is 0 Å². The largest absolute Gasteiger partial charge is 0.479 e. The van der Waals surface area contributed by atoms with Crippen LogP contribution in [0.5, 0.6) is 5.88 Å². The van der Waals surface area contributed by atoms with Gasteiger partial charge in [-0.15, -0.1) is 0 Å². The highest BCUT2D eigenvalue weighted by Gasteiger charge is 2.28. The molecule has 178 valence electrons. The van der Waals surface area contributed by atoms with E-state index < -0.39 is 5.97 Å². The number of aromatic amines is 1. The molecule has 0 unspecified atom stereocenters. The average molecular weight is 488 g/mol. The van der Waals surface area contributed by atoms with Gasteiger partial charge in [-0.25, -0.2) is 4.79 Å². The Kier molecular flexibility index (Phi) is 7.36.